The molecule has 2 aromatic heterocycles. The van der Waals surface area contributed by atoms with E-state index < -0.39 is 0 Å². The second-order valence-electron chi connectivity index (χ2n) is 4.43. The summed E-state index contributed by atoms with van der Waals surface area (Å²) in [5, 5.41) is 1.08. The zero-order valence-electron chi connectivity index (χ0n) is 10.4. The molecule has 0 bridgehead atoms. The van der Waals surface area contributed by atoms with Gasteiger partial charge < -0.3 is 4.42 Å². The summed E-state index contributed by atoms with van der Waals surface area (Å²) >= 11 is 0. The molecule has 0 spiro atoms. The van der Waals surface area contributed by atoms with Gasteiger partial charge in [0, 0.05) is 29.3 Å². The molecule has 0 fully saturated rings. The van der Waals surface area contributed by atoms with E-state index >= 15 is 0 Å². The standard InChI is InChI=1S/C15H15N3O/c16-18-14(9-11-5-3-4-8-17-11)13-10-19-15-7-2-1-6-12(13)15/h1-8,10,14,18H,9,16H2. The van der Waals surface area contributed by atoms with Crippen LogP contribution < -0.4 is 11.3 Å². The summed E-state index contributed by atoms with van der Waals surface area (Å²) in [6.45, 7) is 0. The molecular formula is C15H15N3O. The molecule has 4 nitrogen and oxygen atoms in total. The average molecular weight is 253 g/mol. The van der Waals surface area contributed by atoms with Crippen LogP contribution in [0.2, 0.25) is 0 Å². The summed E-state index contributed by atoms with van der Waals surface area (Å²) in [6.07, 6.45) is 4.27. The van der Waals surface area contributed by atoms with Gasteiger partial charge in [-0.05, 0) is 18.2 Å². The quantitative estimate of drug-likeness (QED) is 0.554. The van der Waals surface area contributed by atoms with E-state index in [1.54, 1.807) is 12.5 Å². The predicted octanol–water partition coefficient (Wildman–Crippen LogP) is 2.57. The molecule has 4 heteroatoms. The van der Waals surface area contributed by atoms with Crippen molar-refractivity contribution in [2.24, 2.45) is 5.84 Å². The van der Waals surface area contributed by atoms with E-state index in [2.05, 4.69) is 10.4 Å². The number of nitrogens with zero attached hydrogens (tertiary/aromatic N) is 1. The normalized spacial score (nSPS) is 12.7. The van der Waals surface area contributed by atoms with Gasteiger partial charge in [-0.15, -0.1) is 0 Å². The summed E-state index contributed by atoms with van der Waals surface area (Å²) < 4.78 is 5.55. The van der Waals surface area contributed by atoms with Crippen molar-refractivity contribution in [2.45, 2.75) is 12.5 Å². The first-order valence-electron chi connectivity index (χ1n) is 6.20. The highest BCUT2D eigenvalue weighted by Crippen LogP contribution is 2.27. The van der Waals surface area contributed by atoms with E-state index in [0.29, 0.717) is 0 Å². The monoisotopic (exact) mass is 253 g/mol. The Balaban J connectivity index is 1.94. The highest BCUT2D eigenvalue weighted by molar-refractivity contribution is 5.81. The van der Waals surface area contributed by atoms with Gasteiger partial charge in [0.1, 0.15) is 5.58 Å². The summed E-state index contributed by atoms with van der Waals surface area (Å²) in [5.74, 6) is 5.68. The SMILES string of the molecule is NNC(Cc1ccccn1)c1coc2ccccc12. The lowest BCUT2D eigenvalue weighted by Crippen LogP contribution is -2.29. The molecule has 0 aliphatic carbocycles. The van der Waals surface area contributed by atoms with Crippen LogP contribution in [-0.4, -0.2) is 4.98 Å². The van der Waals surface area contributed by atoms with Gasteiger partial charge in [0.05, 0.1) is 12.3 Å². The minimum atomic E-state index is -0.0152. The van der Waals surface area contributed by atoms with Crippen LogP contribution in [0.3, 0.4) is 0 Å². The molecule has 2 heterocycles. The Kier molecular flexibility index (Phi) is 3.27. The second kappa shape index (κ2) is 5.22. The zero-order valence-corrected chi connectivity index (χ0v) is 10.4. The first-order chi connectivity index (χ1) is 9.38. The number of nitrogens with two attached hydrogens (primary N) is 1. The van der Waals surface area contributed by atoms with Crippen molar-refractivity contribution in [2.75, 3.05) is 0 Å². The molecule has 3 rings (SSSR count). The van der Waals surface area contributed by atoms with Crippen molar-refractivity contribution < 1.29 is 4.42 Å². The number of hydrogen-bond donors (Lipinski definition) is 2. The Morgan fingerprint density at radius 2 is 2.00 bits per heavy atom. The van der Waals surface area contributed by atoms with Crippen LogP contribution in [0.15, 0.2) is 59.3 Å². The van der Waals surface area contributed by atoms with Crippen LogP contribution in [0.4, 0.5) is 0 Å². The van der Waals surface area contributed by atoms with Gasteiger partial charge in [-0.25, -0.2) is 0 Å². The Hall–Kier alpha value is -2.17. The van der Waals surface area contributed by atoms with E-state index in [1.807, 2.05) is 42.5 Å². The number of hydrogen-bond acceptors (Lipinski definition) is 4. The number of pyridine rings is 1. The third-order valence-electron chi connectivity index (χ3n) is 3.23. The lowest BCUT2D eigenvalue weighted by atomic mass is 10.0. The fourth-order valence-electron chi connectivity index (χ4n) is 2.25. The molecule has 1 aromatic carbocycles. The minimum Gasteiger partial charge on any atom is -0.464 e. The Labute approximate surface area is 111 Å². The van der Waals surface area contributed by atoms with E-state index in [9.17, 15) is 0 Å². The van der Waals surface area contributed by atoms with Crippen molar-refractivity contribution in [1.29, 1.82) is 0 Å². The van der Waals surface area contributed by atoms with E-state index in [0.717, 1.165) is 28.6 Å². The Morgan fingerprint density at radius 1 is 1.16 bits per heavy atom. The predicted molar refractivity (Wildman–Crippen MR) is 74.2 cm³/mol. The van der Waals surface area contributed by atoms with Crippen molar-refractivity contribution >= 4 is 11.0 Å². The molecule has 1 unspecified atom stereocenters. The number of aromatic nitrogens is 1. The van der Waals surface area contributed by atoms with Gasteiger partial charge >= 0.3 is 0 Å². The lowest BCUT2D eigenvalue weighted by molar-refractivity contribution is 0.532. The fourth-order valence-corrected chi connectivity index (χ4v) is 2.25. The molecule has 0 aliphatic heterocycles. The largest absolute Gasteiger partial charge is 0.464 e. The Morgan fingerprint density at radius 3 is 2.79 bits per heavy atom. The van der Waals surface area contributed by atoms with Gasteiger partial charge in [-0.2, -0.15) is 0 Å². The third-order valence-corrected chi connectivity index (χ3v) is 3.23. The summed E-state index contributed by atoms with van der Waals surface area (Å²) in [4.78, 5) is 4.33. The van der Waals surface area contributed by atoms with Crippen LogP contribution in [0.1, 0.15) is 17.3 Å². The average Bonchev–Trinajstić information content (AvgIpc) is 2.90. The van der Waals surface area contributed by atoms with E-state index in [1.165, 1.54) is 0 Å². The summed E-state index contributed by atoms with van der Waals surface area (Å²) in [6, 6.07) is 13.8. The van der Waals surface area contributed by atoms with Gasteiger partial charge in [0.15, 0.2) is 0 Å². The van der Waals surface area contributed by atoms with Crippen molar-refractivity contribution in [3.63, 3.8) is 0 Å². The number of para-hydroxylation sites is 1. The minimum absolute atomic E-state index is 0.0152. The summed E-state index contributed by atoms with van der Waals surface area (Å²) in [5.41, 5.74) is 5.77. The lowest BCUT2D eigenvalue weighted by Gasteiger charge is -2.14. The number of hydrazine groups is 1. The van der Waals surface area contributed by atoms with Gasteiger partial charge in [-0.1, -0.05) is 24.3 Å². The molecule has 3 aromatic rings. The van der Waals surface area contributed by atoms with Crippen molar-refractivity contribution in [3.05, 3.63) is 66.2 Å². The molecular weight excluding hydrogens is 238 g/mol. The molecule has 0 saturated carbocycles. The van der Waals surface area contributed by atoms with Gasteiger partial charge in [0.25, 0.3) is 0 Å². The highest BCUT2D eigenvalue weighted by atomic mass is 16.3. The molecule has 3 N–H and O–H groups in total. The van der Waals surface area contributed by atoms with Crippen molar-refractivity contribution in [3.8, 4) is 0 Å². The molecule has 0 amide bonds. The molecule has 96 valence electrons. The van der Waals surface area contributed by atoms with Gasteiger partial charge in [0.2, 0.25) is 0 Å². The number of furan rings is 1. The summed E-state index contributed by atoms with van der Waals surface area (Å²) in [7, 11) is 0. The van der Waals surface area contributed by atoms with Crippen LogP contribution in [0.25, 0.3) is 11.0 Å². The molecule has 1 atom stereocenters. The molecule has 0 radical (unpaired) electrons. The first kappa shape index (κ1) is 11.9. The van der Waals surface area contributed by atoms with Crippen LogP contribution in [-0.2, 0) is 6.42 Å². The molecule has 0 saturated heterocycles. The molecule has 19 heavy (non-hydrogen) atoms. The van der Waals surface area contributed by atoms with Gasteiger partial charge in [-0.3, -0.25) is 16.3 Å². The smallest absolute Gasteiger partial charge is 0.134 e. The fraction of sp³-hybridized carbons (Fsp3) is 0.133. The second-order valence-corrected chi connectivity index (χ2v) is 4.43. The maximum atomic E-state index is 5.68. The number of rotatable bonds is 4. The van der Waals surface area contributed by atoms with Crippen LogP contribution >= 0.6 is 0 Å². The van der Waals surface area contributed by atoms with E-state index in [-0.39, 0.29) is 6.04 Å². The number of fused-ring (bicyclic) bond motifs is 1. The highest BCUT2D eigenvalue weighted by Gasteiger charge is 2.16. The molecule has 0 aliphatic rings. The maximum absolute atomic E-state index is 5.68. The Bertz CT molecular complexity index is 663. The van der Waals surface area contributed by atoms with Crippen LogP contribution in [0.5, 0.6) is 0 Å². The van der Waals surface area contributed by atoms with Crippen LogP contribution in [0, 0.1) is 0 Å². The first-order valence-corrected chi connectivity index (χ1v) is 6.20. The topological polar surface area (TPSA) is 64.1 Å². The number of nitrogens with one attached hydrogen (secondary N) is 1. The third kappa shape index (κ3) is 2.36. The number of benzene rings is 1. The van der Waals surface area contributed by atoms with Crippen molar-refractivity contribution in [1.82, 2.24) is 10.4 Å². The zero-order chi connectivity index (χ0) is 13.1. The maximum Gasteiger partial charge on any atom is 0.134 e. The van der Waals surface area contributed by atoms with E-state index in [4.69, 9.17) is 10.3 Å².